The Kier molecular flexibility index (Phi) is 6.69. The minimum atomic E-state index is -3.56. The molecule has 2 fully saturated rings. The van der Waals surface area contributed by atoms with E-state index < -0.39 is 33.8 Å². The fourth-order valence-electron chi connectivity index (χ4n) is 4.65. The van der Waals surface area contributed by atoms with Crippen LogP contribution < -0.4 is 4.90 Å². The van der Waals surface area contributed by atoms with E-state index in [4.69, 9.17) is 0 Å². The van der Waals surface area contributed by atoms with Crippen LogP contribution in [0.4, 0.5) is 14.7 Å². The molecule has 2 aliphatic rings. The van der Waals surface area contributed by atoms with Gasteiger partial charge < -0.3 is 14.4 Å². The molecule has 2 unspecified atom stereocenters. The molecule has 0 radical (unpaired) electrons. The number of anilines is 1. The van der Waals surface area contributed by atoms with Gasteiger partial charge >= 0.3 is 0 Å². The maximum atomic E-state index is 15.5. The van der Waals surface area contributed by atoms with Crippen LogP contribution in [0.5, 0.6) is 0 Å². The van der Waals surface area contributed by atoms with E-state index in [2.05, 4.69) is 15.0 Å². The van der Waals surface area contributed by atoms with Crippen LogP contribution in [0, 0.1) is 5.82 Å². The minimum Gasteiger partial charge on any atom is -0.338 e. The minimum absolute atomic E-state index is 0.0571. The Balaban J connectivity index is 1.33. The summed E-state index contributed by atoms with van der Waals surface area (Å²) in [5, 5.41) is 0. The van der Waals surface area contributed by atoms with Crippen molar-refractivity contribution in [2.24, 2.45) is 0 Å². The molecule has 5 rings (SSSR count). The van der Waals surface area contributed by atoms with Gasteiger partial charge in [0.15, 0.2) is 9.84 Å². The molecule has 2 atom stereocenters. The molecule has 2 aromatic heterocycles. The number of carbonyl (C=O) groups is 1. The second-order valence-electron chi connectivity index (χ2n) is 9.56. The zero-order valence-corrected chi connectivity index (χ0v) is 21.4. The van der Waals surface area contributed by atoms with Gasteiger partial charge in [0.1, 0.15) is 24.0 Å². The molecule has 0 N–H and O–H groups in total. The van der Waals surface area contributed by atoms with Crippen LogP contribution in [0.3, 0.4) is 0 Å². The quantitative estimate of drug-likeness (QED) is 0.463. The number of amides is 1. The molecule has 1 aromatic carbocycles. The van der Waals surface area contributed by atoms with Crippen LogP contribution in [-0.4, -0.2) is 76.3 Å². The molecule has 0 spiro atoms. The molecule has 3 heterocycles. The van der Waals surface area contributed by atoms with Gasteiger partial charge in [-0.1, -0.05) is 6.92 Å². The Morgan fingerprint density at radius 1 is 1.16 bits per heavy atom. The number of sulfone groups is 1. The third kappa shape index (κ3) is 5.20. The first-order valence-electron chi connectivity index (χ1n) is 12.2. The van der Waals surface area contributed by atoms with Crippen molar-refractivity contribution in [1.82, 2.24) is 24.4 Å². The Hall–Kier alpha value is -3.41. The molecule has 1 amide bonds. The van der Waals surface area contributed by atoms with E-state index in [1.807, 2.05) is 6.92 Å². The summed E-state index contributed by atoms with van der Waals surface area (Å²) in [6, 6.07) is 2.89. The van der Waals surface area contributed by atoms with E-state index in [0.717, 1.165) is 37.1 Å². The molecule has 1 aliphatic carbocycles. The third-order valence-electron chi connectivity index (χ3n) is 6.85. The van der Waals surface area contributed by atoms with E-state index in [0.29, 0.717) is 18.9 Å². The average Bonchev–Trinajstić information content (AvgIpc) is 3.59. The van der Waals surface area contributed by atoms with Gasteiger partial charge in [0.2, 0.25) is 5.95 Å². The Bertz CT molecular complexity index is 1410. The van der Waals surface area contributed by atoms with Crippen LogP contribution in [0.25, 0.3) is 5.69 Å². The van der Waals surface area contributed by atoms with Crippen LogP contribution in [0.2, 0.25) is 0 Å². The number of benzene rings is 1. The predicted molar refractivity (Wildman–Crippen MR) is 133 cm³/mol. The first kappa shape index (κ1) is 25.2. The van der Waals surface area contributed by atoms with E-state index in [9.17, 15) is 17.6 Å². The van der Waals surface area contributed by atoms with Gasteiger partial charge in [0.25, 0.3) is 5.91 Å². The number of hydrogen-bond acceptors (Lipinski definition) is 7. The number of aryl methyl sites for hydroxylation is 1. The van der Waals surface area contributed by atoms with Crippen molar-refractivity contribution < 1.29 is 22.0 Å². The molecule has 0 bridgehead atoms. The number of nitrogens with zero attached hydrogens (tertiary/aromatic N) is 6. The lowest BCUT2D eigenvalue weighted by atomic mass is 10.0. The van der Waals surface area contributed by atoms with Gasteiger partial charge in [-0.25, -0.2) is 32.2 Å². The van der Waals surface area contributed by atoms with Gasteiger partial charge in [-0.2, -0.15) is 0 Å². The van der Waals surface area contributed by atoms with Gasteiger partial charge in [-0.15, -0.1) is 0 Å². The van der Waals surface area contributed by atoms with Crippen molar-refractivity contribution in [2.75, 3.05) is 24.2 Å². The van der Waals surface area contributed by atoms with Crippen molar-refractivity contribution in [1.29, 1.82) is 0 Å². The third-order valence-corrected chi connectivity index (χ3v) is 7.96. The van der Waals surface area contributed by atoms with Crippen LogP contribution >= 0.6 is 0 Å². The van der Waals surface area contributed by atoms with Crippen molar-refractivity contribution in [3.05, 3.63) is 60.2 Å². The molecule has 37 heavy (non-hydrogen) atoms. The molecule has 196 valence electrons. The van der Waals surface area contributed by atoms with E-state index in [-0.39, 0.29) is 28.9 Å². The molecule has 1 saturated carbocycles. The zero-order valence-electron chi connectivity index (χ0n) is 20.6. The molecule has 1 saturated heterocycles. The predicted octanol–water partition coefficient (Wildman–Crippen LogP) is 2.99. The normalized spacial score (nSPS) is 20.2. The Morgan fingerprint density at radius 2 is 1.89 bits per heavy atom. The number of alkyl halides is 1. The second kappa shape index (κ2) is 9.81. The zero-order chi connectivity index (χ0) is 26.3. The van der Waals surface area contributed by atoms with E-state index in [1.54, 1.807) is 22.2 Å². The topological polar surface area (TPSA) is 101 Å². The summed E-state index contributed by atoms with van der Waals surface area (Å²) in [6.07, 6.45) is 8.71. The summed E-state index contributed by atoms with van der Waals surface area (Å²) in [5.74, 6) is -0.687. The summed E-state index contributed by atoms with van der Waals surface area (Å²) in [6.45, 7) is 2.61. The number of carbonyl (C=O) groups excluding carboxylic acids is 1. The number of halogens is 2. The number of rotatable bonds is 7. The molecule has 3 aromatic rings. The SMILES string of the molecule is CCc1cnc(N2CCC(N(C(=O)c3cn(-c4ccc(S(C)(=O)=O)cc4F)cn3)C3CC3)C(F)C2)nc1. The van der Waals surface area contributed by atoms with Crippen LogP contribution in [-0.2, 0) is 16.3 Å². The van der Waals surface area contributed by atoms with E-state index >= 15 is 4.39 Å². The largest absolute Gasteiger partial charge is 0.338 e. The van der Waals surface area contributed by atoms with Crippen molar-refractivity contribution in [2.45, 2.75) is 55.8 Å². The summed E-state index contributed by atoms with van der Waals surface area (Å²) in [5.41, 5.74) is 1.14. The molecule has 9 nitrogen and oxygen atoms in total. The fraction of sp³-hybridized carbons (Fsp3) is 0.440. The summed E-state index contributed by atoms with van der Waals surface area (Å²) in [7, 11) is -3.56. The van der Waals surface area contributed by atoms with Crippen LogP contribution in [0.1, 0.15) is 42.2 Å². The number of aromatic nitrogens is 4. The maximum Gasteiger partial charge on any atom is 0.274 e. The average molecular weight is 531 g/mol. The highest BCUT2D eigenvalue weighted by molar-refractivity contribution is 7.90. The van der Waals surface area contributed by atoms with Gasteiger partial charge in [0, 0.05) is 37.4 Å². The molecular formula is C25H28F2N6O3S. The lowest BCUT2D eigenvalue weighted by Gasteiger charge is -2.40. The van der Waals surface area contributed by atoms with Gasteiger partial charge in [-0.3, -0.25) is 4.79 Å². The molecular weight excluding hydrogens is 502 g/mol. The standard InChI is InChI=1S/C25H28F2N6O3S/c1-3-16-11-28-25(29-12-16)31-9-8-23(20(27)13-31)33(17-4-5-17)24(34)21-14-32(15-30-21)22-7-6-18(10-19(22)26)37(2,35)36/h6-7,10-12,14-15,17,20,23H,3-5,8-9,13H2,1-2H3. The molecule has 1 aliphatic heterocycles. The van der Waals surface area contributed by atoms with Crippen LogP contribution in [0.15, 0.2) is 48.0 Å². The van der Waals surface area contributed by atoms with Gasteiger partial charge in [0.05, 0.1) is 23.2 Å². The Morgan fingerprint density at radius 3 is 2.49 bits per heavy atom. The first-order chi connectivity index (χ1) is 17.7. The van der Waals surface area contributed by atoms with Crippen molar-refractivity contribution >= 4 is 21.7 Å². The lowest BCUT2D eigenvalue weighted by molar-refractivity contribution is 0.0481. The summed E-state index contributed by atoms with van der Waals surface area (Å²) in [4.78, 5) is 29.6. The highest BCUT2D eigenvalue weighted by Crippen LogP contribution is 2.34. The highest BCUT2D eigenvalue weighted by atomic mass is 32.2. The van der Waals surface area contributed by atoms with Crippen molar-refractivity contribution in [3.63, 3.8) is 0 Å². The number of piperidine rings is 1. The monoisotopic (exact) mass is 530 g/mol. The number of imidazole rings is 1. The first-order valence-corrected chi connectivity index (χ1v) is 14.1. The van der Waals surface area contributed by atoms with Crippen molar-refractivity contribution in [3.8, 4) is 5.69 Å². The summed E-state index contributed by atoms with van der Waals surface area (Å²) < 4.78 is 54.9. The second-order valence-corrected chi connectivity index (χ2v) is 11.6. The maximum absolute atomic E-state index is 15.5. The fourth-order valence-corrected chi connectivity index (χ4v) is 5.28. The lowest BCUT2D eigenvalue weighted by Crippen LogP contribution is -2.55. The Labute approximate surface area is 214 Å². The van der Waals surface area contributed by atoms with E-state index in [1.165, 1.54) is 29.2 Å². The summed E-state index contributed by atoms with van der Waals surface area (Å²) >= 11 is 0. The highest BCUT2D eigenvalue weighted by Gasteiger charge is 2.44. The van der Waals surface area contributed by atoms with Gasteiger partial charge in [-0.05, 0) is 49.4 Å². The molecule has 12 heteroatoms. The number of hydrogen-bond donors (Lipinski definition) is 0. The smallest absolute Gasteiger partial charge is 0.274 e.